The van der Waals surface area contributed by atoms with Crippen LogP contribution in [0.4, 0.5) is 40.6 Å². The van der Waals surface area contributed by atoms with Crippen molar-refractivity contribution in [2.24, 2.45) is 4.99 Å². The van der Waals surface area contributed by atoms with Gasteiger partial charge in [-0.15, -0.1) is 0 Å². The van der Waals surface area contributed by atoms with E-state index in [1.807, 2.05) is 30.3 Å². The monoisotopic (exact) mass is 564 g/mol. The van der Waals surface area contributed by atoms with Crippen molar-refractivity contribution < 1.29 is 22.3 Å². The zero-order valence-electron chi connectivity index (χ0n) is 21.6. The summed E-state index contributed by atoms with van der Waals surface area (Å²) in [6.07, 6.45) is -1.75. The maximum Gasteiger partial charge on any atom is 0.416 e. The number of nitrogens with one attached hydrogen (secondary N) is 2. The van der Waals surface area contributed by atoms with Crippen molar-refractivity contribution in [1.82, 2.24) is 20.4 Å². The summed E-state index contributed by atoms with van der Waals surface area (Å²) in [6.45, 7) is 2.78. The molecule has 2 aliphatic heterocycles. The summed E-state index contributed by atoms with van der Waals surface area (Å²) in [4.78, 5) is 19.2. The average molecular weight is 565 g/mol. The van der Waals surface area contributed by atoms with Crippen molar-refractivity contribution in [3.63, 3.8) is 0 Å². The number of hydrazine groups is 1. The van der Waals surface area contributed by atoms with Gasteiger partial charge in [-0.25, -0.2) is 19.4 Å². The van der Waals surface area contributed by atoms with Gasteiger partial charge < -0.3 is 15.0 Å². The largest absolute Gasteiger partial charge is 0.416 e. The van der Waals surface area contributed by atoms with E-state index in [0.29, 0.717) is 49.2 Å². The summed E-state index contributed by atoms with van der Waals surface area (Å²) in [5.74, 6) is 0.241. The van der Waals surface area contributed by atoms with Crippen molar-refractivity contribution in [1.29, 1.82) is 0 Å². The van der Waals surface area contributed by atoms with Gasteiger partial charge in [-0.2, -0.15) is 13.2 Å². The molecular formula is C28H24F4N8O. The number of aliphatic imine (C=N–C) groups is 1. The van der Waals surface area contributed by atoms with Gasteiger partial charge in [0.2, 0.25) is 5.95 Å². The van der Waals surface area contributed by atoms with Gasteiger partial charge in [0.25, 0.3) is 0 Å². The molecule has 4 heterocycles. The number of pyridine rings is 1. The molecule has 0 spiro atoms. The standard InChI is InChI=1S/C28H24F4N8O/c29-20-13-18(14-23(16-20)39-9-11-41-12-10-39)24-6-8-34-27(37-24)36-21-1-3-22(4-2-21)40-17-35-26(38-40)25-15-19(5-7-33-25)28(30,31)32/h1-8,13-16H,9-12,17H2,(H,35,38)(H,34,36,37). The van der Waals surface area contributed by atoms with Crippen molar-refractivity contribution >= 4 is 28.8 Å². The molecule has 0 saturated carbocycles. The Morgan fingerprint density at radius 2 is 1.63 bits per heavy atom. The van der Waals surface area contributed by atoms with Crippen molar-refractivity contribution in [3.05, 3.63) is 90.1 Å². The van der Waals surface area contributed by atoms with Crippen LogP contribution in [0.15, 0.2) is 78.0 Å². The van der Waals surface area contributed by atoms with E-state index in [0.717, 1.165) is 29.7 Å². The van der Waals surface area contributed by atoms with Crippen LogP contribution in [0.25, 0.3) is 11.3 Å². The van der Waals surface area contributed by atoms with Gasteiger partial charge in [0, 0.05) is 42.4 Å². The molecule has 9 nitrogen and oxygen atoms in total. The van der Waals surface area contributed by atoms with Crippen molar-refractivity contribution in [2.75, 3.05) is 48.2 Å². The molecule has 2 aliphatic rings. The van der Waals surface area contributed by atoms with Crippen LogP contribution in [0.3, 0.4) is 0 Å². The highest BCUT2D eigenvalue weighted by Gasteiger charge is 2.31. The Labute approximate surface area is 232 Å². The van der Waals surface area contributed by atoms with E-state index in [2.05, 4.69) is 35.6 Å². The Hall–Kier alpha value is -4.78. The lowest BCUT2D eigenvalue weighted by molar-refractivity contribution is -0.137. The lowest BCUT2D eigenvalue weighted by Crippen LogP contribution is -2.36. The number of anilines is 4. The lowest BCUT2D eigenvalue weighted by atomic mass is 10.1. The fourth-order valence-corrected chi connectivity index (χ4v) is 4.52. The first kappa shape index (κ1) is 26.4. The van der Waals surface area contributed by atoms with E-state index in [-0.39, 0.29) is 24.0 Å². The average Bonchev–Trinajstić information content (AvgIpc) is 3.48. The van der Waals surface area contributed by atoms with E-state index in [1.54, 1.807) is 17.3 Å². The Kier molecular flexibility index (Phi) is 7.10. The van der Waals surface area contributed by atoms with Gasteiger partial charge in [0.15, 0.2) is 5.84 Å². The molecule has 2 N–H and O–H groups in total. The second kappa shape index (κ2) is 11.0. The Morgan fingerprint density at radius 1 is 0.854 bits per heavy atom. The number of alkyl halides is 3. The molecule has 0 aliphatic carbocycles. The number of rotatable bonds is 6. The summed E-state index contributed by atoms with van der Waals surface area (Å²) in [5.41, 5.74) is 5.75. The van der Waals surface area contributed by atoms with Crippen LogP contribution >= 0.6 is 0 Å². The van der Waals surface area contributed by atoms with Crippen LogP contribution in [0.1, 0.15) is 11.3 Å². The Balaban J connectivity index is 1.13. The van der Waals surface area contributed by atoms with Crippen LogP contribution in [0.5, 0.6) is 0 Å². The SMILES string of the molecule is Fc1cc(-c2ccnc(Nc3ccc(N4CN=C(c5cc(C(F)(F)F)ccn5)N4)cc3)n2)cc(N2CCOCC2)c1. The number of ether oxygens (including phenoxy) is 1. The fraction of sp³-hybridized carbons (Fsp3) is 0.214. The van der Waals surface area contributed by atoms with Gasteiger partial charge in [0.05, 0.1) is 30.2 Å². The number of amidine groups is 1. The van der Waals surface area contributed by atoms with E-state index in [9.17, 15) is 17.6 Å². The number of hydrogen-bond donors (Lipinski definition) is 2. The number of benzene rings is 2. The summed E-state index contributed by atoms with van der Waals surface area (Å²) in [7, 11) is 0. The second-order valence-electron chi connectivity index (χ2n) is 9.35. The van der Waals surface area contributed by atoms with E-state index >= 15 is 0 Å². The normalized spacial score (nSPS) is 15.5. The van der Waals surface area contributed by atoms with Crippen LogP contribution in [0.2, 0.25) is 0 Å². The molecule has 210 valence electrons. The Morgan fingerprint density at radius 3 is 2.41 bits per heavy atom. The Bertz CT molecular complexity index is 1570. The minimum Gasteiger partial charge on any atom is -0.378 e. The first-order valence-electron chi connectivity index (χ1n) is 12.8. The van der Waals surface area contributed by atoms with Crippen LogP contribution in [-0.2, 0) is 10.9 Å². The lowest BCUT2D eigenvalue weighted by Gasteiger charge is -2.29. The number of halogens is 4. The van der Waals surface area contributed by atoms with Gasteiger partial charge in [-0.1, -0.05) is 0 Å². The van der Waals surface area contributed by atoms with Gasteiger partial charge in [-0.05, 0) is 60.7 Å². The molecule has 1 fully saturated rings. The minimum absolute atomic E-state index is 0.105. The summed E-state index contributed by atoms with van der Waals surface area (Å²) >= 11 is 0. The van der Waals surface area contributed by atoms with Crippen LogP contribution in [-0.4, -0.2) is 53.8 Å². The highest BCUT2D eigenvalue weighted by Crippen LogP contribution is 2.30. The molecule has 1 saturated heterocycles. The molecule has 0 amide bonds. The van der Waals surface area contributed by atoms with Crippen molar-refractivity contribution in [2.45, 2.75) is 6.18 Å². The second-order valence-corrected chi connectivity index (χ2v) is 9.35. The molecule has 13 heteroatoms. The molecule has 0 bridgehead atoms. The number of morpholine rings is 1. The summed E-state index contributed by atoms with van der Waals surface area (Å²) in [5, 5.41) is 4.84. The molecule has 0 unspecified atom stereocenters. The van der Waals surface area contributed by atoms with Gasteiger partial charge in [0.1, 0.15) is 18.2 Å². The van der Waals surface area contributed by atoms with E-state index in [4.69, 9.17) is 4.74 Å². The molecule has 4 aromatic rings. The molecule has 2 aromatic carbocycles. The number of hydrogen-bond acceptors (Lipinski definition) is 9. The topological polar surface area (TPSA) is 90.8 Å². The van der Waals surface area contributed by atoms with E-state index < -0.39 is 11.7 Å². The first-order valence-corrected chi connectivity index (χ1v) is 12.8. The van der Waals surface area contributed by atoms with E-state index in [1.165, 1.54) is 12.1 Å². The van der Waals surface area contributed by atoms with Gasteiger partial charge >= 0.3 is 6.18 Å². The van der Waals surface area contributed by atoms with Crippen LogP contribution < -0.4 is 20.7 Å². The zero-order chi connectivity index (χ0) is 28.4. The van der Waals surface area contributed by atoms with Gasteiger partial charge in [-0.3, -0.25) is 15.4 Å². The minimum atomic E-state index is -4.47. The highest BCUT2D eigenvalue weighted by molar-refractivity contribution is 5.99. The molecule has 2 aromatic heterocycles. The molecule has 6 rings (SSSR count). The summed E-state index contributed by atoms with van der Waals surface area (Å²) in [6, 6.07) is 15.7. The third-order valence-electron chi connectivity index (χ3n) is 6.59. The molecule has 41 heavy (non-hydrogen) atoms. The van der Waals surface area contributed by atoms with Crippen molar-refractivity contribution in [3.8, 4) is 11.3 Å². The highest BCUT2D eigenvalue weighted by atomic mass is 19.4. The number of nitrogens with zero attached hydrogens (tertiary/aromatic N) is 6. The predicted molar refractivity (Wildman–Crippen MR) is 146 cm³/mol. The maximum absolute atomic E-state index is 14.5. The fourth-order valence-electron chi connectivity index (χ4n) is 4.52. The predicted octanol–water partition coefficient (Wildman–Crippen LogP) is 5.01. The quantitative estimate of drug-likeness (QED) is 0.316. The summed E-state index contributed by atoms with van der Waals surface area (Å²) < 4.78 is 59.1. The molecule has 0 atom stereocenters. The molecular weight excluding hydrogens is 540 g/mol. The third-order valence-corrected chi connectivity index (χ3v) is 6.59. The zero-order valence-corrected chi connectivity index (χ0v) is 21.6. The number of aromatic nitrogens is 3. The van der Waals surface area contributed by atoms with Crippen LogP contribution in [0, 0.1) is 5.82 Å². The first-order chi connectivity index (χ1) is 19.8. The maximum atomic E-state index is 14.5. The third kappa shape index (κ3) is 6.04. The molecule has 0 radical (unpaired) electrons. The smallest absolute Gasteiger partial charge is 0.378 e.